The van der Waals surface area contributed by atoms with Crippen LogP contribution in [0.2, 0.25) is 0 Å². The first kappa shape index (κ1) is 14.5. The van der Waals surface area contributed by atoms with Gasteiger partial charge in [-0.05, 0) is 18.2 Å². The Morgan fingerprint density at radius 3 is 2.84 bits per heavy atom. The lowest BCUT2D eigenvalue weighted by molar-refractivity contribution is 0.0179. The van der Waals surface area contributed by atoms with E-state index in [0.717, 1.165) is 21.1 Å². The van der Waals surface area contributed by atoms with E-state index in [9.17, 15) is 4.79 Å². The molecule has 0 bridgehead atoms. The average Bonchev–Trinajstić information content (AvgIpc) is 3.20. The van der Waals surface area contributed by atoms with Gasteiger partial charge < -0.3 is 14.6 Å². The van der Waals surface area contributed by atoms with E-state index in [2.05, 4.69) is 9.97 Å². The molecule has 0 aliphatic carbocycles. The summed E-state index contributed by atoms with van der Waals surface area (Å²) >= 11 is 1.54. The lowest BCUT2D eigenvalue weighted by atomic mass is 10.1. The summed E-state index contributed by atoms with van der Waals surface area (Å²) in [5.74, 6) is 0.0431. The molecule has 2 aromatic heterocycles. The maximum absolute atomic E-state index is 12.7. The SMILES string of the molecule is O=C(c1c[nH]c2ccccc12)N1CC(Oc2nc3ccccc3s2)C1. The number of thiazole rings is 1. The molecule has 5 rings (SSSR count). The zero-order valence-electron chi connectivity index (χ0n) is 13.3. The molecule has 0 spiro atoms. The molecule has 3 heterocycles. The van der Waals surface area contributed by atoms with Crippen LogP contribution in [0, 0.1) is 0 Å². The van der Waals surface area contributed by atoms with Gasteiger partial charge in [-0.3, -0.25) is 4.79 Å². The van der Waals surface area contributed by atoms with Crippen LogP contribution in [0.25, 0.3) is 21.1 Å². The molecule has 2 aromatic carbocycles. The minimum absolute atomic E-state index is 0.00900. The molecule has 0 atom stereocenters. The van der Waals surface area contributed by atoms with Gasteiger partial charge in [0.15, 0.2) is 0 Å². The maximum Gasteiger partial charge on any atom is 0.274 e. The van der Waals surface area contributed by atoms with Gasteiger partial charge in [0, 0.05) is 17.1 Å². The van der Waals surface area contributed by atoms with E-state index in [0.29, 0.717) is 23.8 Å². The zero-order chi connectivity index (χ0) is 16.8. The molecule has 25 heavy (non-hydrogen) atoms. The van der Waals surface area contributed by atoms with Crippen LogP contribution in [0.15, 0.2) is 54.7 Å². The third kappa shape index (κ3) is 2.46. The first-order chi connectivity index (χ1) is 12.3. The molecule has 124 valence electrons. The largest absolute Gasteiger partial charge is 0.463 e. The predicted molar refractivity (Wildman–Crippen MR) is 98.2 cm³/mol. The molecule has 0 radical (unpaired) electrons. The van der Waals surface area contributed by atoms with Gasteiger partial charge in [0.05, 0.1) is 28.9 Å². The lowest BCUT2D eigenvalue weighted by Gasteiger charge is -2.38. The van der Waals surface area contributed by atoms with Gasteiger partial charge in [0.25, 0.3) is 11.1 Å². The number of fused-ring (bicyclic) bond motifs is 2. The summed E-state index contributed by atoms with van der Waals surface area (Å²) < 4.78 is 7.04. The lowest BCUT2D eigenvalue weighted by Crippen LogP contribution is -2.56. The monoisotopic (exact) mass is 349 g/mol. The summed E-state index contributed by atoms with van der Waals surface area (Å²) in [7, 11) is 0. The van der Waals surface area contributed by atoms with Gasteiger partial charge >= 0.3 is 0 Å². The van der Waals surface area contributed by atoms with Crippen LogP contribution in [0.3, 0.4) is 0 Å². The molecular formula is C19H15N3O2S. The molecule has 0 saturated carbocycles. The summed E-state index contributed by atoms with van der Waals surface area (Å²) in [6.07, 6.45) is 1.80. The number of nitrogens with one attached hydrogen (secondary N) is 1. The summed E-state index contributed by atoms with van der Waals surface area (Å²) in [5.41, 5.74) is 2.65. The number of rotatable bonds is 3. The molecule has 1 saturated heterocycles. The fourth-order valence-corrected chi connectivity index (χ4v) is 4.02. The number of para-hydroxylation sites is 2. The predicted octanol–water partition coefficient (Wildman–Crippen LogP) is 3.68. The van der Waals surface area contributed by atoms with Gasteiger partial charge in [-0.25, -0.2) is 4.98 Å². The molecule has 1 fully saturated rings. The fraction of sp³-hybridized carbons (Fsp3) is 0.158. The van der Waals surface area contributed by atoms with E-state index in [1.807, 2.05) is 53.4 Å². The van der Waals surface area contributed by atoms with E-state index < -0.39 is 0 Å². The summed E-state index contributed by atoms with van der Waals surface area (Å²) in [6, 6.07) is 15.8. The molecule has 6 heteroatoms. The van der Waals surface area contributed by atoms with Crippen molar-refractivity contribution in [1.82, 2.24) is 14.9 Å². The second kappa shape index (κ2) is 5.60. The average molecular weight is 349 g/mol. The maximum atomic E-state index is 12.7. The topological polar surface area (TPSA) is 58.2 Å². The Balaban J connectivity index is 1.27. The number of carbonyl (C=O) groups is 1. The van der Waals surface area contributed by atoms with E-state index in [4.69, 9.17) is 4.74 Å². The molecule has 5 nitrogen and oxygen atoms in total. The highest BCUT2D eigenvalue weighted by molar-refractivity contribution is 7.20. The highest BCUT2D eigenvalue weighted by atomic mass is 32.1. The quantitative estimate of drug-likeness (QED) is 0.614. The first-order valence-corrected chi connectivity index (χ1v) is 8.97. The van der Waals surface area contributed by atoms with E-state index in [-0.39, 0.29) is 12.0 Å². The Labute approximate surface area is 147 Å². The van der Waals surface area contributed by atoms with Crippen LogP contribution in [0.5, 0.6) is 5.19 Å². The van der Waals surface area contributed by atoms with Gasteiger partial charge in [0.2, 0.25) is 0 Å². The summed E-state index contributed by atoms with van der Waals surface area (Å²) in [6.45, 7) is 1.18. The molecule has 1 aliphatic rings. The zero-order valence-corrected chi connectivity index (χ0v) is 14.1. The Bertz CT molecular complexity index is 1050. The van der Waals surface area contributed by atoms with Crippen molar-refractivity contribution in [3.8, 4) is 5.19 Å². The number of ether oxygens (including phenoxy) is 1. The number of amides is 1. The van der Waals surface area contributed by atoms with Crippen molar-refractivity contribution in [1.29, 1.82) is 0 Å². The van der Waals surface area contributed by atoms with E-state index in [1.54, 1.807) is 17.5 Å². The number of likely N-dealkylation sites (tertiary alicyclic amines) is 1. The normalized spacial score (nSPS) is 14.8. The molecule has 1 amide bonds. The third-order valence-corrected chi connectivity index (χ3v) is 5.42. The molecule has 1 aliphatic heterocycles. The van der Waals surface area contributed by atoms with Crippen molar-refractivity contribution in [2.45, 2.75) is 6.10 Å². The van der Waals surface area contributed by atoms with Crippen molar-refractivity contribution >= 4 is 38.4 Å². The number of nitrogens with zero attached hydrogens (tertiary/aromatic N) is 2. The highest BCUT2D eigenvalue weighted by Gasteiger charge is 2.34. The van der Waals surface area contributed by atoms with Crippen molar-refractivity contribution in [3.05, 3.63) is 60.3 Å². The number of aromatic amines is 1. The second-order valence-corrected chi connectivity index (χ2v) is 7.14. The summed E-state index contributed by atoms with van der Waals surface area (Å²) in [5, 5.41) is 1.63. The Morgan fingerprint density at radius 1 is 1.16 bits per heavy atom. The number of carbonyl (C=O) groups excluding carboxylic acids is 1. The number of hydrogen-bond donors (Lipinski definition) is 1. The van der Waals surface area contributed by atoms with Crippen molar-refractivity contribution in [3.63, 3.8) is 0 Å². The standard InChI is InChI=1S/C19H15N3O2S/c23-18(14-9-20-15-6-2-1-5-13(14)15)22-10-12(11-22)24-19-21-16-7-3-4-8-17(16)25-19/h1-9,12,20H,10-11H2. The molecule has 0 unspecified atom stereocenters. The summed E-state index contributed by atoms with van der Waals surface area (Å²) in [4.78, 5) is 22.1. The number of aromatic nitrogens is 2. The van der Waals surface area contributed by atoms with Gasteiger partial charge in [0.1, 0.15) is 6.10 Å². The van der Waals surface area contributed by atoms with Crippen LogP contribution in [0.4, 0.5) is 0 Å². The fourth-order valence-electron chi connectivity index (χ4n) is 3.14. The number of H-pyrrole nitrogens is 1. The number of benzene rings is 2. The smallest absolute Gasteiger partial charge is 0.274 e. The van der Waals surface area contributed by atoms with Gasteiger partial charge in [-0.15, -0.1) is 0 Å². The molecular weight excluding hydrogens is 334 g/mol. The minimum Gasteiger partial charge on any atom is -0.463 e. The van der Waals surface area contributed by atoms with Crippen molar-refractivity contribution in [2.75, 3.05) is 13.1 Å². The molecule has 1 N–H and O–H groups in total. The second-order valence-electron chi connectivity index (χ2n) is 6.15. The minimum atomic E-state index is 0.00900. The highest BCUT2D eigenvalue weighted by Crippen LogP contribution is 2.30. The molecule has 4 aromatic rings. The van der Waals surface area contributed by atoms with Crippen molar-refractivity contribution in [2.24, 2.45) is 0 Å². The first-order valence-electron chi connectivity index (χ1n) is 8.15. The van der Waals surface area contributed by atoms with Crippen LogP contribution >= 0.6 is 11.3 Å². The van der Waals surface area contributed by atoms with E-state index >= 15 is 0 Å². The third-order valence-electron chi connectivity index (χ3n) is 4.50. The van der Waals surface area contributed by atoms with Crippen LogP contribution in [-0.2, 0) is 0 Å². The van der Waals surface area contributed by atoms with Crippen LogP contribution in [0.1, 0.15) is 10.4 Å². The van der Waals surface area contributed by atoms with Crippen LogP contribution in [-0.4, -0.2) is 40.0 Å². The van der Waals surface area contributed by atoms with Crippen molar-refractivity contribution < 1.29 is 9.53 Å². The Kier molecular flexibility index (Phi) is 3.24. The Morgan fingerprint density at radius 2 is 1.96 bits per heavy atom. The Hall–Kier alpha value is -2.86. The van der Waals surface area contributed by atoms with E-state index in [1.165, 1.54) is 0 Å². The van der Waals surface area contributed by atoms with Crippen LogP contribution < -0.4 is 4.74 Å². The van der Waals surface area contributed by atoms with Gasteiger partial charge in [-0.1, -0.05) is 41.7 Å². The number of hydrogen-bond acceptors (Lipinski definition) is 4. The van der Waals surface area contributed by atoms with Gasteiger partial charge in [-0.2, -0.15) is 0 Å².